The van der Waals surface area contributed by atoms with Crippen molar-refractivity contribution in [1.29, 1.82) is 0 Å². The quantitative estimate of drug-likeness (QED) is 0.156. The molecule has 0 bridgehead atoms. The second kappa shape index (κ2) is 11.3. The summed E-state index contributed by atoms with van der Waals surface area (Å²) in [6, 6.07) is 13.1. The molecule has 2 heterocycles. The number of carbonyl (C=O) groups is 2. The summed E-state index contributed by atoms with van der Waals surface area (Å²) in [7, 11) is 0. The number of nitrogens with zero attached hydrogens (tertiary/aromatic N) is 2. The lowest BCUT2D eigenvalue weighted by atomic mass is 9.99. The Kier molecular flexibility index (Phi) is 7.39. The van der Waals surface area contributed by atoms with Crippen molar-refractivity contribution in [1.82, 2.24) is 9.55 Å². The number of para-hydroxylation sites is 1. The molecule has 246 valence electrons. The molecule has 48 heavy (non-hydrogen) atoms. The van der Waals surface area contributed by atoms with Crippen LogP contribution in [0, 0.1) is 28.7 Å². The normalized spacial score (nSPS) is 17.5. The fourth-order valence-corrected chi connectivity index (χ4v) is 6.50. The topological polar surface area (TPSA) is 117 Å². The minimum absolute atomic E-state index is 0.0293. The van der Waals surface area contributed by atoms with Crippen molar-refractivity contribution in [2.75, 3.05) is 0 Å². The molecule has 1 fully saturated rings. The van der Waals surface area contributed by atoms with Crippen molar-refractivity contribution in [2.24, 2.45) is 11.1 Å². The first-order valence-electron chi connectivity index (χ1n) is 14.9. The molecule has 7 rings (SSSR count). The highest BCUT2D eigenvalue weighted by molar-refractivity contribution is 6.30. The van der Waals surface area contributed by atoms with E-state index in [2.05, 4.69) is 4.98 Å². The molecule has 3 N–H and O–H groups in total. The van der Waals surface area contributed by atoms with Gasteiger partial charge in [-0.25, -0.2) is 27.3 Å². The summed E-state index contributed by atoms with van der Waals surface area (Å²) in [5.41, 5.74) is 4.62. The van der Waals surface area contributed by atoms with Gasteiger partial charge in [0.15, 0.2) is 17.3 Å². The molecule has 1 amide bonds. The van der Waals surface area contributed by atoms with Gasteiger partial charge in [0.1, 0.15) is 28.8 Å². The van der Waals surface area contributed by atoms with Crippen LogP contribution in [-0.4, -0.2) is 26.5 Å². The van der Waals surface area contributed by atoms with Gasteiger partial charge in [-0.05, 0) is 72.4 Å². The van der Waals surface area contributed by atoms with Crippen LogP contribution >= 0.6 is 11.6 Å². The minimum atomic E-state index is -1.59. The molecular formula is C35H26ClF4N3O5. The summed E-state index contributed by atoms with van der Waals surface area (Å²) >= 11 is 5.91. The molecule has 1 atom stereocenters. The number of primary amides is 1. The molecule has 1 aliphatic carbocycles. The van der Waals surface area contributed by atoms with Crippen LogP contribution in [0.2, 0.25) is 5.02 Å². The van der Waals surface area contributed by atoms with Crippen molar-refractivity contribution in [3.63, 3.8) is 0 Å². The average molecular weight is 680 g/mol. The average Bonchev–Trinajstić information content (AvgIpc) is 3.52. The van der Waals surface area contributed by atoms with E-state index in [1.165, 1.54) is 29.7 Å². The number of aromatic nitrogens is 2. The fraction of sp³-hybridized carbons (Fsp3) is 0.229. The lowest BCUT2D eigenvalue weighted by molar-refractivity contribution is -0.119. The Labute approximate surface area is 275 Å². The number of carboxylic acids is 1. The number of halogens is 5. The van der Waals surface area contributed by atoms with E-state index in [0.717, 1.165) is 24.3 Å². The van der Waals surface area contributed by atoms with Crippen molar-refractivity contribution < 1.29 is 41.7 Å². The first kappa shape index (κ1) is 31.5. The van der Waals surface area contributed by atoms with Crippen LogP contribution in [0.1, 0.15) is 53.5 Å². The van der Waals surface area contributed by atoms with Gasteiger partial charge in [-0.3, -0.25) is 4.79 Å². The maximum Gasteiger partial charge on any atom is 0.335 e. The largest absolute Gasteiger partial charge is 0.478 e. The van der Waals surface area contributed by atoms with E-state index in [9.17, 15) is 19.1 Å². The number of fused-ring (bicyclic) bond motifs is 2. The molecule has 0 radical (unpaired) electrons. The molecule has 0 spiro atoms. The van der Waals surface area contributed by atoms with Crippen LogP contribution in [0.4, 0.5) is 17.6 Å². The second-order valence-corrected chi connectivity index (χ2v) is 12.8. The summed E-state index contributed by atoms with van der Waals surface area (Å²) in [5, 5.41) is 9.72. The van der Waals surface area contributed by atoms with E-state index < -0.39 is 52.8 Å². The van der Waals surface area contributed by atoms with Gasteiger partial charge < -0.3 is 24.9 Å². The molecule has 1 saturated carbocycles. The Hall–Kier alpha value is -5.10. The molecule has 1 aromatic heterocycles. The van der Waals surface area contributed by atoms with Gasteiger partial charge in [-0.1, -0.05) is 23.7 Å². The summed E-state index contributed by atoms with van der Waals surface area (Å²) in [6.07, 6.45) is 0.873. The van der Waals surface area contributed by atoms with Crippen LogP contribution in [0.15, 0.2) is 60.7 Å². The van der Waals surface area contributed by atoms with Gasteiger partial charge in [-0.15, -0.1) is 0 Å². The number of imidazole rings is 1. The molecule has 0 saturated heterocycles. The highest BCUT2D eigenvalue weighted by Gasteiger charge is 2.45. The number of carboxylic acid groups (broad SMARTS) is 1. The molecule has 8 nitrogen and oxygen atoms in total. The van der Waals surface area contributed by atoms with Gasteiger partial charge >= 0.3 is 5.97 Å². The number of amides is 1. The van der Waals surface area contributed by atoms with E-state index >= 15 is 13.2 Å². The zero-order valence-electron chi connectivity index (χ0n) is 25.3. The lowest BCUT2D eigenvalue weighted by Gasteiger charge is -2.24. The van der Waals surface area contributed by atoms with Gasteiger partial charge in [0.05, 0.1) is 16.6 Å². The first-order chi connectivity index (χ1) is 22.8. The number of carbonyl (C=O) groups excluding carboxylic acids is 1. The Morgan fingerprint density at radius 2 is 1.71 bits per heavy atom. The smallest absolute Gasteiger partial charge is 0.335 e. The van der Waals surface area contributed by atoms with Gasteiger partial charge in [-0.2, -0.15) is 0 Å². The van der Waals surface area contributed by atoms with Crippen LogP contribution in [0.25, 0.3) is 22.2 Å². The Morgan fingerprint density at radius 3 is 2.35 bits per heavy atom. The number of aromatic carboxylic acids is 1. The first-order valence-corrected chi connectivity index (χ1v) is 15.3. The third kappa shape index (κ3) is 5.49. The summed E-state index contributed by atoms with van der Waals surface area (Å²) in [4.78, 5) is 27.8. The van der Waals surface area contributed by atoms with Gasteiger partial charge in [0.25, 0.3) is 5.79 Å². The molecule has 2 aliphatic rings. The van der Waals surface area contributed by atoms with Crippen LogP contribution in [0.3, 0.4) is 0 Å². The zero-order chi connectivity index (χ0) is 34.1. The van der Waals surface area contributed by atoms with Crippen LogP contribution in [0.5, 0.6) is 11.5 Å². The third-order valence-electron chi connectivity index (χ3n) is 8.92. The third-order valence-corrected chi connectivity index (χ3v) is 9.16. The van der Waals surface area contributed by atoms with Crippen molar-refractivity contribution in [2.45, 2.75) is 44.9 Å². The van der Waals surface area contributed by atoms with E-state index in [0.29, 0.717) is 12.8 Å². The molecule has 1 unspecified atom stereocenters. The standard InChI is InChI=1S/C35H26ClF4N3O5/c1-34(22-6-5-19(36)13-25(22)39)47-28-4-2-3-20(32(28)48-34)17-9-23(37)21(24(38)10-17)14-30-42-31-26(40)11-18(33(45)46)12-27(31)43(30)16-35(7-8-35)15-29(41)44/h2-6,9-13H,7-8,14-16H2,1H3,(H2,41,44)(H,45,46). The number of hydrogen-bond acceptors (Lipinski definition) is 5. The predicted octanol–water partition coefficient (Wildman–Crippen LogP) is 7.50. The Balaban J connectivity index is 1.26. The fourth-order valence-electron chi connectivity index (χ4n) is 6.34. The SMILES string of the molecule is CC1(c2ccc(Cl)cc2F)Oc2cccc(-c3cc(F)c(Cc4nc5c(F)cc(C(=O)O)cc5n4CC4(CC(N)=O)CC4)c(F)c3)c2O1. The highest BCUT2D eigenvalue weighted by atomic mass is 35.5. The molecule has 5 aromatic rings. The van der Waals surface area contributed by atoms with E-state index in [1.54, 1.807) is 18.2 Å². The van der Waals surface area contributed by atoms with Gasteiger partial charge in [0.2, 0.25) is 5.91 Å². The minimum Gasteiger partial charge on any atom is -0.478 e. The number of rotatable bonds is 9. The van der Waals surface area contributed by atoms with Gasteiger partial charge in [0, 0.05) is 42.5 Å². The van der Waals surface area contributed by atoms with E-state index in [4.69, 9.17) is 26.8 Å². The van der Waals surface area contributed by atoms with Crippen molar-refractivity contribution >= 4 is 34.5 Å². The number of ether oxygens (including phenoxy) is 2. The second-order valence-electron chi connectivity index (χ2n) is 12.4. The van der Waals surface area contributed by atoms with Crippen molar-refractivity contribution in [3.8, 4) is 22.6 Å². The highest BCUT2D eigenvalue weighted by Crippen LogP contribution is 2.52. The predicted molar refractivity (Wildman–Crippen MR) is 167 cm³/mol. The Bertz CT molecular complexity index is 2160. The molecule has 4 aromatic carbocycles. The van der Waals surface area contributed by atoms with Crippen LogP contribution in [-0.2, 0) is 23.5 Å². The maximum absolute atomic E-state index is 15.9. The number of nitrogens with two attached hydrogens (primary N) is 1. The van der Waals surface area contributed by atoms with Crippen LogP contribution < -0.4 is 15.2 Å². The van der Waals surface area contributed by atoms with E-state index in [-0.39, 0.29) is 74.2 Å². The Morgan fingerprint density at radius 1 is 0.979 bits per heavy atom. The van der Waals surface area contributed by atoms with E-state index in [1.807, 2.05) is 0 Å². The summed E-state index contributed by atoms with van der Waals surface area (Å²) in [6.45, 7) is 1.63. The zero-order valence-corrected chi connectivity index (χ0v) is 26.0. The molecule has 1 aliphatic heterocycles. The maximum atomic E-state index is 15.9. The summed E-state index contributed by atoms with van der Waals surface area (Å²) in [5.74, 6) is -6.47. The van der Waals surface area contributed by atoms with Crippen molar-refractivity contribution in [3.05, 3.63) is 111 Å². The summed E-state index contributed by atoms with van der Waals surface area (Å²) < 4.78 is 75.2. The monoisotopic (exact) mass is 679 g/mol. The molecular weight excluding hydrogens is 654 g/mol. The number of hydrogen-bond donors (Lipinski definition) is 2. The molecule has 13 heteroatoms. The number of benzene rings is 4. The lowest BCUT2D eigenvalue weighted by Crippen LogP contribution is -2.32.